The lowest BCUT2D eigenvalue weighted by Crippen LogP contribution is -2.47. The molecule has 0 spiro atoms. The number of piperidine rings is 1. The third kappa shape index (κ3) is 3.40. The highest BCUT2D eigenvalue weighted by Gasteiger charge is 2.27. The molecule has 7 heteroatoms. The molecule has 0 aliphatic carbocycles. The number of amides is 1. The Balaban J connectivity index is 1.67. The van der Waals surface area contributed by atoms with Crippen LogP contribution < -0.4 is 10.5 Å². The molecule has 0 aromatic carbocycles. The quantitative estimate of drug-likeness (QED) is 0.840. The van der Waals surface area contributed by atoms with E-state index in [1.165, 1.54) is 4.57 Å². The standard InChI is InChI=1S/C18H23N5O2/c1-13-6-7-15(17(24)21(13)2)18(25)23-11-8-14(9-12-23)22(3)16-5-4-10-19-20-16/h4-7,10,14H,8-9,11-12H2,1-3H3. The second-order valence-electron chi connectivity index (χ2n) is 6.47. The van der Waals surface area contributed by atoms with E-state index in [9.17, 15) is 9.59 Å². The molecule has 25 heavy (non-hydrogen) atoms. The third-order valence-electron chi connectivity index (χ3n) is 5.00. The van der Waals surface area contributed by atoms with Gasteiger partial charge in [-0.3, -0.25) is 9.59 Å². The van der Waals surface area contributed by atoms with Crippen molar-refractivity contribution in [3.8, 4) is 0 Å². The molecule has 3 rings (SSSR count). The lowest BCUT2D eigenvalue weighted by Gasteiger charge is -2.37. The second kappa shape index (κ2) is 7.04. The maximum atomic E-state index is 12.7. The summed E-state index contributed by atoms with van der Waals surface area (Å²) in [6.45, 7) is 3.11. The van der Waals surface area contributed by atoms with Crippen LogP contribution in [-0.2, 0) is 7.05 Å². The number of rotatable bonds is 3. The molecule has 0 saturated carbocycles. The van der Waals surface area contributed by atoms with E-state index in [4.69, 9.17) is 0 Å². The molecule has 2 aromatic rings. The van der Waals surface area contributed by atoms with Gasteiger partial charge < -0.3 is 14.4 Å². The van der Waals surface area contributed by atoms with Gasteiger partial charge in [0.1, 0.15) is 5.56 Å². The fraction of sp³-hybridized carbons (Fsp3) is 0.444. The summed E-state index contributed by atoms with van der Waals surface area (Å²) in [5.74, 6) is 0.654. The largest absolute Gasteiger partial charge is 0.355 e. The van der Waals surface area contributed by atoms with Gasteiger partial charge >= 0.3 is 0 Å². The normalized spacial score (nSPS) is 15.2. The van der Waals surface area contributed by atoms with Gasteiger partial charge in [-0.25, -0.2) is 0 Å². The van der Waals surface area contributed by atoms with Gasteiger partial charge in [-0.05, 0) is 44.0 Å². The zero-order valence-electron chi connectivity index (χ0n) is 14.8. The zero-order chi connectivity index (χ0) is 18.0. The first-order valence-electron chi connectivity index (χ1n) is 8.45. The Morgan fingerprint density at radius 1 is 1.24 bits per heavy atom. The number of hydrogen-bond donors (Lipinski definition) is 0. The first-order chi connectivity index (χ1) is 12.0. The van der Waals surface area contributed by atoms with E-state index < -0.39 is 0 Å². The summed E-state index contributed by atoms with van der Waals surface area (Å²) in [7, 11) is 3.69. The Hall–Kier alpha value is -2.70. The average Bonchev–Trinajstić information content (AvgIpc) is 2.66. The minimum atomic E-state index is -0.233. The summed E-state index contributed by atoms with van der Waals surface area (Å²) in [6.07, 6.45) is 3.33. The fourth-order valence-corrected chi connectivity index (χ4v) is 3.19. The van der Waals surface area contributed by atoms with Crippen LogP contribution in [0.15, 0.2) is 35.3 Å². The Bertz CT molecular complexity index is 810. The molecule has 0 unspecified atom stereocenters. The number of pyridine rings is 1. The van der Waals surface area contributed by atoms with Gasteiger partial charge in [-0.1, -0.05) is 0 Å². The van der Waals surface area contributed by atoms with Crippen LogP contribution in [-0.4, -0.2) is 51.8 Å². The molecular weight excluding hydrogens is 318 g/mol. The first kappa shape index (κ1) is 17.1. The molecule has 0 radical (unpaired) electrons. The van der Waals surface area contributed by atoms with Gasteiger partial charge in [-0.2, -0.15) is 5.10 Å². The van der Waals surface area contributed by atoms with E-state index in [0.717, 1.165) is 24.4 Å². The van der Waals surface area contributed by atoms with Crippen LogP contribution in [0.3, 0.4) is 0 Å². The van der Waals surface area contributed by atoms with Crippen LogP contribution in [0.4, 0.5) is 5.82 Å². The highest BCUT2D eigenvalue weighted by atomic mass is 16.2. The maximum Gasteiger partial charge on any atom is 0.263 e. The molecule has 3 heterocycles. The van der Waals surface area contributed by atoms with Gasteiger partial charge in [0.2, 0.25) is 0 Å². The van der Waals surface area contributed by atoms with Crippen LogP contribution in [0.5, 0.6) is 0 Å². The van der Waals surface area contributed by atoms with Crippen molar-refractivity contribution < 1.29 is 4.79 Å². The zero-order valence-corrected chi connectivity index (χ0v) is 14.8. The summed E-state index contributed by atoms with van der Waals surface area (Å²) in [4.78, 5) is 28.9. The monoisotopic (exact) mass is 341 g/mol. The number of aryl methyl sites for hydroxylation is 1. The molecule has 1 aliphatic rings. The Labute approximate surface area is 146 Å². The number of anilines is 1. The van der Waals surface area contributed by atoms with E-state index in [1.54, 1.807) is 24.2 Å². The molecule has 132 valence electrons. The van der Waals surface area contributed by atoms with Crippen LogP contribution in [0.1, 0.15) is 28.9 Å². The van der Waals surface area contributed by atoms with Crippen molar-refractivity contribution in [3.05, 3.63) is 52.1 Å². The number of aromatic nitrogens is 3. The number of hydrogen-bond acceptors (Lipinski definition) is 5. The summed E-state index contributed by atoms with van der Waals surface area (Å²) in [6, 6.07) is 7.55. The summed E-state index contributed by atoms with van der Waals surface area (Å²) < 4.78 is 1.52. The predicted octanol–water partition coefficient (Wildman–Crippen LogP) is 1.22. The van der Waals surface area contributed by atoms with Crippen LogP contribution in [0, 0.1) is 6.92 Å². The van der Waals surface area contributed by atoms with Crippen molar-refractivity contribution in [2.75, 3.05) is 25.0 Å². The van der Waals surface area contributed by atoms with E-state index in [-0.39, 0.29) is 17.0 Å². The van der Waals surface area contributed by atoms with E-state index in [0.29, 0.717) is 19.1 Å². The number of carbonyl (C=O) groups is 1. The van der Waals surface area contributed by atoms with Crippen LogP contribution in [0.25, 0.3) is 0 Å². The molecule has 0 bridgehead atoms. The first-order valence-corrected chi connectivity index (χ1v) is 8.45. The Morgan fingerprint density at radius 3 is 2.60 bits per heavy atom. The molecule has 0 N–H and O–H groups in total. The average molecular weight is 341 g/mol. The molecular formula is C18H23N5O2. The van der Waals surface area contributed by atoms with Gasteiger partial charge in [0.15, 0.2) is 5.82 Å². The smallest absolute Gasteiger partial charge is 0.263 e. The topological polar surface area (TPSA) is 71.3 Å². The highest BCUT2D eigenvalue weighted by molar-refractivity contribution is 5.94. The molecule has 2 aromatic heterocycles. The molecule has 1 saturated heterocycles. The van der Waals surface area contributed by atoms with E-state index in [2.05, 4.69) is 15.1 Å². The lowest BCUT2D eigenvalue weighted by molar-refractivity contribution is 0.0710. The third-order valence-corrected chi connectivity index (χ3v) is 5.00. The van der Waals surface area contributed by atoms with Crippen molar-refractivity contribution in [1.29, 1.82) is 0 Å². The fourth-order valence-electron chi connectivity index (χ4n) is 3.19. The Kier molecular flexibility index (Phi) is 4.83. The SMILES string of the molecule is Cc1ccc(C(=O)N2CCC(N(C)c3cccnn3)CC2)c(=O)n1C. The molecule has 1 amide bonds. The number of likely N-dealkylation sites (tertiary alicyclic amines) is 1. The predicted molar refractivity (Wildman–Crippen MR) is 95.8 cm³/mol. The lowest BCUT2D eigenvalue weighted by atomic mass is 10.0. The van der Waals surface area contributed by atoms with Crippen molar-refractivity contribution >= 4 is 11.7 Å². The molecule has 0 atom stereocenters. The minimum absolute atomic E-state index is 0.179. The van der Waals surface area contributed by atoms with Gasteiger partial charge in [0, 0.05) is 45.1 Å². The number of nitrogens with zero attached hydrogens (tertiary/aromatic N) is 5. The van der Waals surface area contributed by atoms with Crippen molar-refractivity contribution in [1.82, 2.24) is 19.7 Å². The Morgan fingerprint density at radius 2 is 1.96 bits per heavy atom. The summed E-state index contributed by atoms with van der Waals surface area (Å²) in [5.41, 5.74) is 0.850. The maximum absolute atomic E-state index is 12.7. The molecule has 1 fully saturated rings. The van der Waals surface area contributed by atoms with Crippen molar-refractivity contribution in [2.24, 2.45) is 7.05 Å². The van der Waals surface area contributed by atoms with E-state index in [1.807, 2.05) is 32.2 Å². The van der Waals surface area contributed by atoms with Gasteiger partial charge in [-0.15, -0.1) is 5.10 Å². The molecule has 7 nitrogen and oxygen atoms in total. The highest BCUT2D eigenvalue weighted by Crippen LogP contribution is 2.20. The molecule has 1 aliphatic heterocycles. The van der Waals surface area contributed by atoms with Crippen LogP contribution >= 0.6 is 0 Å². The second-order valence-corrected chi connectivity index (χ2v) is 6.47. The summed E-state index contributed by atoms with van der Waals surface area (Å²) in [5, 5.41) is 8.05. The summed E-state index contributed by atoms with van der Waals surface area (Å²) >= 11 is 0. The van der Waals surface area contributed by atoms with Crippen molar-refractivity contribution in [2.45, 2.75) is 25.8 Å². The van der Waals surface area contributed by atoms with Gasteiger partial charge in [0.05, 0.1) is 0 Å². The van der Waals surface area contributed by atoms with E-state index >= 15 is 0 Å². The van der Waals surface area contributed by atoms with Crippen molar-refractivity contribution in [3.63, 3.8) is 0 Å². The minimum Gasteiger partial charge on any atom is -0.355 e. The van der Waals surface area contributed by atoms with Crippen LogP contribution in [0.2, 0.25) is 0 Å². The number of carbonyl (C=O) groups excluding carboxylic acids is 1. The van der Waals surface area contributed by atoms with Gasteiger partial charge in [0.25, 0.3) is 11.5 Å².